The number of aromatic nitrogens is 2. The lowest BCUT2D eigenvalue weighted by Gasteiger charge is -2.17. The van der Waals surface area contributed by atoms with Crippen LogP contribution in [-0.2, 0) is 0 Å². The zero-order chi connectivity index (χ0) is 21.8. The highest BCUT2D eigenvalue weighted by Gasteiger charge is 2.33. The van der Waals surface area contributed by atoms with Gasteiger partial charge in [0.25, 0.3) is 0 Å². The van der Waals surface area contributed by atoms with Crippen LogP contribution in [0.15, 0.2) is 60.9 Å². The molecule has 0 atom stereocenters. The molecule has 0 aliphatic rings. The molecule has 6 nitrogen and oxygen atoms in total. The Morgan fingerprint density at radius 2 is 0.967 bits per heavy atom. The highest BCUT2D eigenvalue weighted by Crippen LogP contribution is 2.36. The quantitative estimate of drug-likeness (QED) is 0.485. The number of nitrogens with zero attached hydrogens (tertiary/aromatic N) is 2. The average Bonchev–Trinajstić information content (AvgIpc) is 2.64. The van der Waals surface area contributed by atoms with Gasteiger partial charge in [0.2, 0.25) is 0 Å². The van der Waals surface area contributed by atoms with Crippen molar-refractivity contribution in [3.63, 3.8) is 0 Å². The average molecular weight is 430 g/mol. The van der Waals surface area contributed by atoms with Crippen LogP contribution in [0, 0.1) is 0 Å². The molecule has 0 aliphatic carbocycles. The molecule has 0 radical (unpaired) electrons. The van der Waals surface area contributed by atoms with E-state index in [1.165, 1.54) is 48.8 Å². The Hall–Kier alpha value is -3.70. The van der Waals surface area contributed by atoms with Crippen molar-refractivity contribution < 1.29 is 35.8 Å². The monoisotopic (exact) mass is 430 g/mol. The minimum absolute atomic E-state index is 0.0578. The number of alkyl halides is 6. The zero-order valence-corrected chi connectivity index (χ0v) is 14.8. The Morgan fingerprint density at radius 3 is 1.33 bits per heavy atom. The predicted molar refractivity (Wildman–Crippen MR) is 94.8 cm³/mol. The minimum Gasteiger partial charge on any atom is -0.404 e. The summed E-state index contributed by atoms with van der Waals surface area (Å²) in [5, 5.41) is 5.26. The number of para-hydroxylation sites is 4. The van der Waals surface area contributed by atoms with E-state index in [0.717, 1.165) is 12.1 Å². The molecule has 0 fully saturated rings. The highest BCUT2D eigenvalue weighted by molar-refractivity contribution is 5.76. The first-order chi connectivity index (χ1) is 14.1. The highest BCUT2D eigenvalue weighted by atomic mass is 19.4. The van der Waals surface area contributed by atoms with Crippen molar-refractivity contribution in [3.05, 3.63) is 60.9 Å². The summed E-state index contributed by atoms with van der Waals surface area (Å²) in [6, 6.07) is 10.4. The number of rotatable bonds is 6. The number of halogens is 6. The maximum atomic E-state index is 12.6. The molecule has 158 valence electrons. The normalized spacial score (nSPS) is 11.7. The Labute approximate surface area is 165 Å². The molecular weight excluding hydrogens is 418 g/mol. The number of anilines is 4. The van der Waals surface area contributed by atoms with Gasteiger partial charge in [0, 0.05) is 12.4 Å². The first-order valence-corrected chi connectivity index (χ1v) is 8.15. The molecule has 0 saturated heterocycles. The van der Waals surface area contributed by atoms with Crippen LogP contribution in [0.3, 0.4) is 0 Å². The number of hydrogen-bond acceptors (Lipinski definition) is 6. The van der Waals surface area contributed by atoms with Crippen LogP contribution >= 0.6 is 0 Å². The van der Waals surface area contributed by atoms with E-state index in [4.69, 9.17) is 0 Å². The molecule has 2 aromatic carbocycles. The molecule has 0 spiro atoms. The summed E-state index contributed by atoms with van der Waals surface area (Å²) >= 11 is 0. The maximum absolute atomic E-state index is 12.6. The summed E-state index contributed by atoms with van der Waals surface area (Å²) in [6.45, 7) is 0. The van der Waals surface area contributed by atoms with E-state index in [0.29, 0.717) is 0 Å². The molecule has 12 heteroatoms. The molecule has 1 heterocycles. The lowest BCUT2D eigenvalue weighted by molar-refractivity contribution is -0.275. The van der Waals surface area contributed by atoms with Gasteiger partial charge in [0.1, 0.15) is 0 Å². The summed E-state index contributed by atoms with van der Waals surface area (Å²) in [4.78, 5) is 7.95. The molecule has 0 unspecified atom stereocenters. The number of benzene rings is 2. The molecule has 0 amide bonds. The van der Waals surface area contributed by atoms with E-state index in [1.54, 1.807) is 0 Å². The van der Waals surface area contributed by atoms with E-state index in [-0.39, 0.29) is 23.0 Å². The SMILES string of the molecule is FC(F)(F)Oc1ccccc1Nc1nccnc1Nc1ccccc1OC(F)(F)F. The Bertz CT molecular complexity index is 930. The van der Waals surface area contributed by atoms with Crippen LogP contribution < -0.4 is 20.1 Å². The van der Waals surface area contributed by atoms with Crippen LogP contribution in [0.5, 0.6) is 11.5 Å². The Balaban J connectivity index is 1.89. The van der Waals surface area contributed by atoms with Crippen molar-refractivity contribution in [2.45, 2.75) is 12.7 Å². The molecule has 2 N–H and O–H groups in total. The molecule has 0 bridgehead atoms. The van der Waals surface area contributed by atoms with E-state index < -0.39 is 24.2 Å². The number of nitrogens with one attached hydrogen (secondary N) is 2. The van der Waals surface area contributed by atoms with Crippen LogP contribution in [0.1, 0.15) is 0 Å². The zero-order valence-electron chi connectivity index (χ0n) is 14.8. The molecule has 3 aromatic rings. The maximum Gasteiger partial charge on any atom is 0.573 e. The summed E-state index contributed by atoms with van der Waals surface area (Å²) < 4.78 is 83.6. The lowest BCUT2D eigenvalue weighted by Crippen LogP contribution is -2.18. The standard InChI is InChI=1S/C18H12F6N4O2/c19-17(20,21)29-13-7-3-1-5-11(13)27-15-16(26-10-9-25-15)28-12-6-2-4-8-14(12)30-18(22,23)24/h1-10H,(H,25,27)(H,26,28). The van der Waals surface area contributed by atoms with Crippen molar-refractivity contribution in [2.75, 3.05) is 10.6 Å². The van der Waals surface area contributed by atoms with Gasteiger partial charge in [-0.3, -0.25) is 0 Å². The second kappa shape index (κ2) is 8.35. The molecule has 1 aromatic heterocycles. The van der Waals surface area contributed by atoms with Gasteiger partial charge in [-0.15, -0.1) is 26.3 Å². The second-order valence-electron chi connectivity index (χ2n) is 5.59. The van der Waals surface area contributed by atoms with E-state index in [2.05, 4.69) is 30.1 Å². The van der Waals surface area contributed by atoms with Gasteiger partial charge in [-0.05, 0) is 24.3 Å². The fraction of sp³-hybridized carbons (Fsp3) is 0.111. The number of hydrogen-bond donors (Lipinski definition) is 2. The van der Waals surface area contributed by atoms with Crippen LogP contribution in [0.2, 0.25) is 0 Å². The number of ether oxygens (including phenoxy) is 2. The Morgan fingerprint density at radius 1 is 0.600 bits per heavy atom. The first kappa shape index (κ1) is 21.0. The van der Waals surface area contributed by atoms with Gasteiger partial charge >= 0.3 is 12.7 Å². The van der Waals surface area contributed by atoms with Gasteiger partial charge in [-0.2, -0.15) is 0 Å². The van der Waals surface area contributed by atoms with Gasteiger partial charge in [0.05, 0.1) is 11.4 Å². The van der Waals surface area contributed by atoms with E-state index in [9.17, 15) is 26.3 Å². The van der Waals surface area contributed by atoms with Gasteiger partial charge in [0.15, 0.2) is 23.1 Å². The molecule has 0 saturated carbocycles. The second-order valence-corrected chi connectivity index (χ2v) is 5.59. The predicted octanol–water partition coefficient (Wildman–Crippen LogP) is 5.76. The summed E-state index contributed by atoms with van der Waals surface area (Å²) in [5.74, 6) is -1.17. The van der Waals surface area contributed by atoms with E-state index >= 15 is 0 Å². The van der Waals surface area contributed by atoms with Gasteiger partial charge in [-0.25, -0.2) is 9.97 Å². The molecule has 3 rings (SSSR count). The van der Waals surface area contributed by atoms with Crippen molar-refractivity contribution in [1.29, 1.82) is 0 Å². The first-order valence-electron chi connectivity index (χ1n) is 8.15. The largest absolute Gasteiger partial charge is 0.573 e. The van der Waals surface area contributed by atoms with Crippen LogP contribution in [0.4, 0.5) is 49.4 Å². The fourth-order valence-corrected chi connectivity index (χ4v) is 2.34. The van der Waals surface area contributed by atoms with Gasteiger partial charge < -0.3 is 20.1 Å². The van der Waals surface area contributed by atoms with Crippen molar-refractivity contribution in [2.24, 2.45) is 0 Å². The molecular formula is C18H12F6N4O2. The van der Waals surface area contributed by atoms with Crippen molar-refractivity contribution >= 4 is 23.0 Å². The fourth-order valence-electron chi connectivity index (χ4n) is 2.34. The Kier molecular flexibility index (Phi) is 5.85. The third kappa shape index (κ3) is 5.90. The van der Waals surface area contributed by atoms with Crippen LogP contribution in [0.25, 0.3) is 0 Å². The lowest BCUT2D eigenvalue weighted by atomic mass is 10.2. The summed E-state index contributed by atoms with van der Waals surface area (Å²) in [5.41, 5.74) is -0.170. The third-order valence-electron chi connectivity index (χ3n) is 3.43. The summed E-state index contributed by atoms with van der Waals surface area (Å²) in [7, 11) is 0. The minimum atomic E-state index is -4.92. The van der Waals surface area contributed by atoms with Crippen LogP contribution in [-0.4, -0.2) is 22.7 Å². The van der Waals surface area contributed by atoms with Crippen molar-refractivity contribution in [3.8, 4) is 11.5 Å². The summed E-state index contributed by atoms with van der Waals surface area (Å²) in [6.07, 6.45) is -7.35. The molecule has 30 heavy (non-hydrogen) atoms. The third-order valence-corrected chi connectivity index (χ3v) is 3.43. The molecule has 0 aliphatic heterocycles. The topological polar surface area (TPSA) is 68.3 Å². The van der Waals surface area contributed by atoms with Gasteiger partial charge in [-0.1, -0.05) is 24.3 Å². The van der Waals surface area contributed by atoms with Crippen molar-refractivity contribution in [1.82, 2.24) is 9.97 Å². The smallest absolute Gasteiger partial charge is 0.404 e. The van der Waals surface area contributed by atoms with E-state index in [1.807, 2.05) is 0 Å².